The highest BCUT2D eigenvalue weighted by molar-refractivity contribution is 7.88. The molecule has 0 radical (unpaired) electrons. The maximum absolute atomic E-state index is 14.9. The highest BCUT2D eigenvalue weighted by Gasteiger charge is 2.25. The number of para-hydroxylation sites is 1. The van der Waals surface area contributed by atoms with Crippen LogP contribution in [0.1, 0.15) is 31.2 Å². The number of nitrogens with zero attached hydrogens (tertiary/aromatic N) is 1. The summed E-state index contributed by atoms with van der Waals surface area (Å²) in [4.78, 5) is 0.944. The predicted octanol–water partition coefficient (Wildman–Crippen LogP) is 5.19. The first kappa shape index (κ1) is 27.8. The Hall–Kier alpha value is -3.22. The molecule has 0 unspecified atom stereocenters. The summed E-state index contributed by atoms with van der Waals surface area (Å²) in [7, 11) is -9.62. The lowest BCUT2D eigenvalue weighted by atomic mass is 9.90. The zero-order valence-electron chi connectivity index (χ0n) is 20.4. The van der Waals surface area contributed by atoms with E-state index in [-0.39, 0.29) is 5.69 Å². The number of hydrogen-bond acceptors (Lipinski definition) is 6. The van der Waals surface area contributed by atoms with E-state index in [4.69, 9.17) is 4.18 Å². The molecule has 204 valence electrons. The minimum atomic E-state index is -4.83. The summed E-state index contributed by atoms with van der Waals surface area (Å²) in [6.07, 6.45) is 4.80. The number of nitrogens with one attached hydrogen (secondary N) is 1. The number of halogens is 2. The van der Waals surface area contributed by atoms with Gasteiger partial charge in [-0.1, -0.05) is 42.5 Å². The molecule has 1 saturated heterocycles. The summed E-state index contributed by atoms with van der Waals surface area (Å²) >= 11 is 0. The molecule has 12 heteroatoms. The van der Waals surface area contributed by atoms with Gasteiger partial charge in [0.25, 0.3) is 10.1 Å². The van der Waals surface area contributed by atoms with Crippen LogP contribution in [0.15, 0.2) is 71.6 Å². The monoisotopic (exact) mass is 566 g/mol. The Morgan fingerprint density at radius 2 is 1.58 bits per heavy atom. The van der Waals surface area contributed by atoms with E-state index in [1.54, 1.807) is 9.62 Å². The second kappa shape index (κ2) is 11.7. The molecule has 3 aromatic carbocycles. The fourth-order valence-corrected chi connectivity index (χ4v) is 6.08. The van der Waals surface area contributed by atoms with Crippen molar-refractivity contribution in [3.8, 4) is 5.75 Å². The Morgan fingerprint density at radius 3 is 2.26 bits per heavy atom. The minimum Gasteiger partial charge on any atom is -0.369 e. The maximum Gasteiger partial charge on any atom is 0.407 e. The van der Waals surface area contributed by atoms with Crippen LogP contribution in [-0.2, 0) is 26.8 Å². The molecule has 8 nitrogen and oxygen atoms in total. The van der Waals surface area contributed by atoms with Crippen molar-refractivity contribution in [1.29, 1.82) is 0 Å². The molecule has 0 saturated carbocycles. The summed E-state index contributed by atoms with van der Waals surface area (Å²) in [6, 6.07) is 16.3. The fraction of sp³-hybridized carbons (Fsp3) is 0.308. The van der Waals surface area contributed by atoms with Gasteiger partial charge in [0.15, 0.2) is 5.75 Å². The molecule has 1 heterocycles. The lowest BCUT2D eigenvalue weighted by molar-refractivity contribution is 0.371. The molecule has 0 spiro atoms. The highest BCUT2D eigenvalue weighted by Crippen LogP contribution is 2.32. The van der Waals surface area contributed by atoms with Gasteiger partial charge in [-0.3, -0.25) is 4.55 Å². The second-order valence-corrected chi connectivity index (χ2v) is 11.8. The third kappa shape index (κ3) is 7.21. The minimum absolute atomic E-state index is 0.0332. The smallest absolute Gasteiger partial charge is 0.369 e. The zero-order valence-corrected chi connectivity index (χ0v) is 22.0. The molecule has 0 amide bonds. The van der Waals surface area contributed by atoms with Gasteiger partial charge in [-0.25, -0.2) is 13.5 Å². The van der Waals surface area contributed by atoms with Crippen molar-refractivity contribution in [2.24, 2.45) is 5.92 Å². The molecular weight excluding hydrogens is 538 g/mol. The number of anilines is 2. The molecule has 0 bridgehead atoms. The molecular formula is C26H28F2N2O6S2. The molecule has 1 aliphatic rings. The van der Waals surface area contributed by atoms with Gasteiger partial charge in [0.1, 0.15) is 16.5 Å². The molecule has 0 atom stereocenters. The van der Waals surface area contributed by atoms with Gasteiger partial charge in [0.2, 0.25) is 0 Å². The number of aryl methyl sites for hydroxylation is 1. The molecule has 1 aliphatic heterocycles. The second-order valence-electron chi connectivity index (χ2n) is 9.15. The number of hydrogen-bond donors (Lipinski definition) is 2. The van der Waals surface area contributed by atoms with E-state index in [1.165, 1.54) is 17.7 Å². The van der Waals surface area contributed by atoms with Crippen LogP contribution in [0.2, 0.25) is 0 Å². The molecule has 0 aromatic heterocycles. The fourth-order valence-electron chi connectivity index (χ4n) is 4.56. The van der Waals surface area contributed by atoms with Crippen molar-refractivity contribution in [2.75, 3.05) is 22.7 Å². The Morgan fingerprint density at radius 1 is 0.921 bits per heavy atom. The molecule has 4 rings (SSSR count). The predicted molar refractivity (Wildman–Crippen MR) is 140 cm³/mol. The first-order valence-electron chi connectivity index (χ1n) is 12.1. The highest BCUT2D eigenvalue weighted by atomic mass is 32.2. The van der Waals surface area contributed by atoms with Gasteiger partial charge in [-0.15, -0.1) is 0 Å². The molecule has 38 heavy (non-hydrogen) atoms. The van der Waals surface area contributed by atoms with E-state index in [0.717, 1.165) is 50.3 Å². The van der Waals surface area contributed by atoms with E-state index < -0.39 is 48.4 Å². The van der Waals surface area contributed by atoms with Crippen LogP contribution in [0.3, 0.4) is 0 Å². The Bertz CT molecular complexity index is 1480. The topological polar surface area (TPSA) is 113 Å². The number of benzene rings is 3. The van der Waals surface area contributed by atoms with Crippen LogP contribution in [0, 0.1) is 17.6 Å². The molecule has 2 N–H and O–H groups in total. The van der Waals surface area contributed by atoms with Crippen molar-refractivity contribution in [3.63, 3.8) is 0 Å². The van der Waals surface area contributed by atoms with Gasteiger partial charge in [-0.2, -0.15) is 16.8 Å². The molecule has 1 fully saturated rings. The lowest BCUT2D eigenvalue weighted by Crippen LogP contribution is -2.34. The third-order valence-electron chi connectivity index (χ3n) is 6.47. The van der Waals surface area contributed by atoms with Crippen LogP contribution >= 0.6 is 0 Å². The van der Waals surface area contributed by atoms with Crippen molar-refractivity contribution in [3.05, 3.63) is 83.9 Å². The van der Waals surface area contributed by atoms with Crippen LogP contribution < -0.4 is 13.8 Å². The zero-order chi connectivity index (χ0) is 27.3. The Kier molecular flexibility index (Phi) is 8.54. The van der Waals surface area contributed by atoms with Crippen LogP contribution in [0.5, 0.6) is 5.75 Å². The van der Waals surface area contributed by atoms with Crippen LogP contribution in [0.25, 0.3) is 0 Å². The maximum atomic E-state index is 14.9. The number of piperidine rings is 1. The standard InChI is InChI=1S/C26H28F2N2O6S2/c27-21-18-24(30-15-13-20(14-16-30)10-6-9-19-7-2-1-3-8-19)22(28)17-23(21)29-38(34,35)36-25-11-4-5-12-26(25)37(31,32)33/h1-5,7-8,11-12,17-18,20,29H,6,9-10,13-16H2,(H,31,32,33). The summed E-state index contributed by atoms with van der Waals surface area (Å²) < 4.78 is 93.2. The van der Waals surface area contributed by atoms with Crippen molar-refractivity contribution < 1.29 is 34.4 Å². The van der Waals surface area contributed by atoms with Crippen molar-refractivity contribution >= 4 is 31.8 Å². The Balaban J connectivity index is 1.37. The first-order chi connectivity index (χ1) is 18.0. The molecule has 3 aromatic rings. The van der Waals surface area contributed by atoms with Gasteiger partial charge in [-0.05, 0) is 55.7 Å². The quantitative estimate of drug-likeness (QED) is 0.325. The number of rotatable bonds is 10. The van der Waals surface area contributed by atoms with E-state index in [9.17, 15) is 30.2 Å². The Labute approximate surface area is 221 Å². The average Bonchev–Trinajstić information content (AvgIpc) is 2.86. The summed E-state index contributed by atoms with van der Waals surface area (Å²) in [5.74, 6) is -2.05. The van der Waals surface area contributed by atoms with Crippen molar-refractivity contribution in [2.45, 2.75) is 37.0 Å². The van der Waals surface area contributed by atoms with Gasteiger partial charge in [0, 0.05) is 25.2 Å². The summed E-state index contributed by atoms with van der Waals surface area (Å²) in [6.45, 7) is 1.10. The van der Waals surface area contributed by atoms with E-state index in [2.05, 4.69) is 12.1 Å². The van der Waals surface area contributed by atoms with E-state index in [1.807, 2.05) is 18.2 Å². The lowest BCUT2D eigenvalue weighted by Gasteiger charge is -2.34. The average molecular weight is 567 g/mol. The van der Waals surface area contributed by atoms with Crippen LogP contribution in [0.4, 0.5) is 20.2 Å². The van der Waals surface area contributed by atoms with Crippen LogP contribution in [-0.4, -0.2) is 34.5 Å². The summed E-state index contributed by atoms with van der Waals surface area (Å²) in [5.41, 5.74) is 0.628. The van der Waals surface area contributed by atoms with E-state index >= 15 is 0 Å². The SMILES string of the molecule is O=S(=O)(Nc1cc(F)c(N2CCC(CCCc3ccccc3)CC2)cc1F)Oc1ccccc1S(=O)(=O)O. The normalized spacial score (nSPS) is 14.9. The van der Waals surface area contributed by atoms with Gasteiger partial charge < -0.3 is 9.08 Å². The van der Waals surface area contributed by atoms with Gasteiger partial charge >= 0.3 is 10.3 Å². The first-order valence-corrected chi connectivity index (χ1v) is 14.9. The van der Waals surface area contributed by atoms with Gasteiger partial charge in [0.05, 0.1) is 11.4 Å². The van der Waals surface area contributed by atoms with E-state index in [0.29, 0.717) is 25.1 Å². The van der Waals surface area contributed by atoms with Crippen molar-refractivity contribution in [1.82, 2.24) is 0 Å². The summed E-state index contributed by atoms with van der Waals surface area (Å²) in [5, 5.41) is 0. The molecule has 0 aliphatic carbocycles. The largest absolute Gasteiger partial charge is 0.407 e. The third-order valence-corrected chi connectivity index (χ3v) is 8.24.